The van der Waals surface area contributed by atoms with Gasteiger partial charge in [-0.2, -0.15) is 4.31 Å². The van der Waals surface area contributed by atoms with E-state index in [9.17, 15) is 12.8 Å². The third kappa shape index (κ3) is 3.98. The minimum absolute atomic E-state index is 0.0785. The molecule has 0 unspecified atom stereocenters. The molecule has 7 heteroatoms. The number of ether oxygens (including phenoxy) is 1. The van der Waals surface area contributed by atoms with E-state index in [1.165, 1.54) is 39.9 Å². The molecule has 1 saturated heterocycles. The van der Waals surface area contributed by atoms with Crippen molar-refractivity contribution in [3.8, 4) is 0 Å². The second-order valence-corrected chi connectivity index (χ2v) is 8.44. The Hall–Kier alpha value is -1.28. The van der Waals surface area contributed by atoms with Crippen molar-refractivity contribution >= 4 is 21.4 Å². The van der Waals surface area contributed by atoms with Crippen LogP contribution in [0.25, 0.3) is 0 Å². The molecule has 0 radical (unpaired) electrons. The van der Waals surface area contributed by atoms with E-state index < -0.39 is 15.8 Å². The predicted molar refractivity (Wildman–Crippen MR) is 87.3 cm³/mol. The fourth-order valence-electron chi connectivity index (χ4n) is 2.60. The van der Waals surface area contributed by atoms with Crippen LogP contribution in [-0.4, -0.2) is 32.0 Å². The zero-order valence-electron chi connectivity index (χ0n) is 12.5. The quantitative estimate of drug-likeness (QED) is 0.799. The summed E-state index contributed by atoms with van der Waals surface area (Å²) in [5.41, 5.74) is 0. The third-order valence-electron chi connectivity index (χ3n) is 3.79. The van der Waals surface area contributed by atoms with E-state index in [2.05, 4.69) is 0 Å². The lowest BCUT2D eigenvalue weighted by molar-refractivity contribution is 0.0927. The molecule has 1 aromatic carbocycles. The van der Waals surface area contributed by atoms with E-state index >= 15 is 0 Å². The first-order valence-corrected chi connectivity index (χ1v) is 9.77. The van der Waals surface area contributed by atoms with Gasteiger partial charge in [0, 0.05) is 24.6 Å². The van der Waals surface area contributed by atoms with Crippen molar-refractivity contribution in [3.63, 3.8) is 0 Å². The number of hydrogen-bond donors (Lipinski definition) is 0. The summed E-state index contributed by atoms with van der Waals surface area (Å²) in [6.07, 6.45) is 1.73. The first kappa shape index (κ1) is 16.6. The molecule has 0 saturated carbocycles. The summed E-state index contributed by atoms with van der Waals surface area (Å²) in [7, 11) is -3.69. The molecule has 0 spiro atoms. The molecular weight excluding hydrogens is 337 g/mol. The van der Waals surface area contributed by atoms with Crippen LogP contribution in [0.1, 0.15) is 17.7 Å². The van der Waals surface area contributed by atoms with Gasteiger partial charge >= 0.3 is 0 Å². The summed E-state index contributed by atoms with van der Waals surface area (Å²) in [6, 6.07) is 8.76. The zero-order chi connectivity index (χ0) is 16.3. The Balaban J connectivity index is 1.87. The van der Waals surface area contributed by atoms with Crippen LogP contribution < -0.4 is 0 Å². The summed E-state index contributed by atoms with van der Waals surface area (Å²) < 4.78 is 45.9. The highest BCUT2D eigenvalue weighted by Crippen LogP contribution is 2.23. The van der Waals surface area contributed by atoms with Crippen LogP contribution in [0.5, 0.6) is 0 Å². The number of sulfonamides is 1. The van der Waals surface area contributed by atoms with E-state index in [4.69, 9.17) is 4.74 Å². The SMILES string of the molecule is O=S(=O)(c1ccc(F)cc1)N(Cc1cccs1)C[C@@H]1CCCO1. The molecular formula is C16H18FNO3S2. The van der Waals surface area contributed by atoms with Crippen molar-refractivity contribution in [3.05, 3.63) is 52.5 Å². The molecule has 124 valence electrons. The third-order valence-corrected chi connectivity index (χ3v) is 6.48. The molecule has 1 aliphatic rings. The van der Waals surface area contributed by atoms with Crippen LogP contribution >= 0.6 is 11.3 Å². The molecule has 0 amide bonds. The Morgan fingerprint density at radius 1 is 1.26 bits per heavy atom. The van der Waals surface area contributed by atoms with Crippen molar-refractivity contribution in [2.24, 2.45) is 0 Å². The van der Waals surface area contributed by atoms with Crippen LogP contribution in [0.2, 0.25) is 0 Å². The summed E-state index contributed by atoms with van der Waals surface area (Å²) in [5.74, 6) is -0.451. The molecule has 3 rings (SSSR count). The molecule has 23 heavy (non-hydrogen) atoms. The van der Waals surface area contributed by atoms with Gasteiger partial charge < -0.3 is 4.74 Å². The summed E-state index contributed by atoms with van der Waals surface area (Å²) in [5, 5.41) is 1.92. The maximum absolute atomic E-state index is 13.1. The highest BCUT2D eigenvalue weighted by molar-refractivity contribution is 7.89. The molecule has 1 fully saturated rings. The smallest absolute Gasteiger partial charge is 0.243 e. The number of rotatable bonds is 6. The number of halogens is 1. The average Bonchev–Trinajstić information content (AvgIpc) is 3.20. The standard InChI is InChI=1S/C16H18FNO3S2/c17-13-5-7-16(8-6-13)23(19,20)18(11-14-3-1-9-21-14)12-15-4-2-10-22-15/h2,4-8,10,14H,1,3,9,11-12H2/t14-/m0/s1. The average molecular weight is 355 g/mol. The molecule has 0 bridgehead atoms. The second-order valence-electron chi connectivity index (χ2n) is 5.47. The van der Waals surface area contributed by atoms with Gasteiger partial charge in [0.15, 0.2) is 0 Å². The highest BCUT2D eigenvalue weighted by atomic mass is 32.2. The Labute approximate surface area is 139 Å². The molecule has 1 aliphatic heterocycles. The Kier molecular flexibility index (Phi) is 5.11. The lowest BCUT2D eigenvalue weighted by Gasteiger charge is -2.24. The van der Waals surface area contributed by atoms with Crippen LogP contribution in [-0.2, 0) is 21.3 Å². The van der Waals surface area contributed by atoms with Crippen molar-refractivity contribution in [1.29, 1.82) is 0 Å². The number of benzene rings is 1. The number of hydrogen-bond acceptors (Lipinski definition) is 4. The number of thiophene rings is 1. The van der Waals surface area contributed by atoms with E-state index in [0.717, 1.165) is 17.7 Å². The van der Waals surface area contributed by atoms with Gasteiger partial charge in [-0.1, -0.05) is 6.07 Å². The van der Waals surface area contributed by atoms with Crippen molar-refractivity contribution in [2.45, 2.75) is 30.4 Å². The molecule has 1 atom stereocenters. The molecule has 0 aliphatic carbocycles. The summed E-state index contributed by atoms with van der Waals surface area (Å²) in [4.78, 5) is 1.07. The van der Waals surface area contributed by atoms with Gasteiger partial charge in [-0.05, 0) is 48.6 Å². The maximum Gasteiger partial charge on any atom is 0.243 e. The fourth-order valence-corrected chi connectivity index (χ4v) is 4.85. The molecule has 2 aromatic rings. The Morgan fingerprint density at radius 2 is 2.04 bits per heavy atom. The lowest BCUT2D eigenvalue weighted by atomic mass is 10.2. The first-order chi connectivity index (χ1) is 11.1. The zero-order valence-corrected chi connectivity index (χ0v) is 14.2. The lowest BCUT2D eigenvalue weighted by Crippen LogP contribution is -2.36. The maximum atomic E-state index is 13.1. The predicted octanol–water partition coefficient (Wildman–Crippen LogP) is 3.26. The monoisotopic (exact) mass is 355 g/mol. The summed E-state index contributed by atoms with van der Waals surface area (Å²) in [6.45, 7) is 1.29. The van der Waals surface area contributed by atoms with Crippen LogP contribution in [0.15, 0.2) is 46.7 Å². The van der Waals surface area contributed by atoms with Crippen LogP contribution in [0.4, 0.5) is 4.39 Å². The number of nitrogens with zero attached hydrogens (tertiary/aromatic N) is 1. The van der Waals surface area contributed by atoms with E-state index in [0.29, 0.717) is 19.7 Å². The van der Waals surface area contributed by atoms with Gasteiger partial charge in [0.1, 0.15) is 5.82 Å². The van der Waals surface area contributed by atoms with E-state index in [1.807, 2.05) is 17.5 Å². The van der Waals surface area contributed by atoms with Crippen molar-refractivity contribution in [1.82, 2.24) is 4.31 Å². The summed E-state index contributed by atoms with van der Waals surface area (Å²) >= 11 is 1.52. The van der Waals surface area contributed by atoms with Crippen LogP contribution in [0.3, 0.4) is 0 Å². The molecule has 2 heterocycles. The Bertz CT molecular complexity index is 723. The van der Waals surface area contributed by atoms with Crippen LogP contribution in [0, 0.1) is 5.82 Å². The van der Waals surface area contributed by atoms with Gasteiger partial charge in [0.2, 0.25) is 10.0 Å². The first-order valence-electron chi connectivity index (χ1n) is 7.45. The van der Waals surface area contributed by atoms with Gasteiger partial charge in [0.05, 0.1) is 11.0 Å². The van der Waals surface area contributed by atoms with Gasteiger partial charge in [-0.15, -0.1) is 11.3 Å². The molecule has 4 nitrogen and oxygen atoms in total. The topological polar surface area (TPSA) is 46.6 Å². The van der Waals surface area contributed by atoms with Crippen molar-refractivity contribution < 1.29 is 17.5 Å². The van der Waals surface area contributed by atoms with Gasteiger partial charge in [-0.25, -0.2) is 12.8 Å². The molecule has 1 aromatic heterocycles. The largest absolute Gasteiger partial charge is 0.377 e. The minimum Gasteiger partial charge on any atom is -0.377 e. The highest BCUT2D eigenvalue weighted by Gasteiger charge is 2.29. The second kappa shape index (κ2) is 7.09. The van der Waals surface area contributed by atoms with E-state index in [-0.39, 0.29) is 11.0 Å². The van der Waals surface area contributed by atoms with Crippen molar-refractivity contribution in [2.75, 3.05) is 13.2 Å². The Morgan fingerprint density at radius 3 is 2.65 bits per heavy atom. The fraction of sp³-hybridized carbons (Fsp3) is 0.375. The normalized spacial score (nSPS) is 18.6. The van der Waals surface area contributed by atoms with Gasteiger partial charge in [-0.3, -0.25) is 0 Å². The van der Waals surface area contributed by atoms with E-state index in [1.54, 1.807) is 0 Å². The molecule has 0 N–H and O–H groups in total. The minimum atomic E-state index is -3.69. The van der Waals surface area contributed by atoms with Gasteiger partial charge in [0.25, 0.3) is 0 Å².